The van der Waals surface area contributed by atoms with Crippen LogP contribution in [0.4, 0.5) is 5.69 Å². The van der Waals surface area contributed by atoms with E-state index in [-0.39, 0.29) is 10.6 Å². The molecule has 0 unspecified atom stereocenters. The third-order valence-corrected chi connectivity index (χ3v) is 3.68. The smallest absolute Gasteiger partial charge is 0.275 e. The van der Waals surface area contributed by atoms with E-state index in [2.05, 4.69) is 15.9 Å². The number of nitro benzene ring substituents is 1. The van der Waals surface area contributed by atoms with Crippen molar-refractivity contribution in [3.05, 3.63) is 38.3 Å². The van der Waals surface area contributed by atoms with Crippen LogP contribution in [0.2, 0.25) is 0 Å². The van der Waals surface area contributed by atoms with Crippen LogP contribution in [-0.4, -0.2) is 4.92 Å². The minimum absolute atomic E-state index is 0.124. The van der Waals surface area contributed by atoms with Crippen molar-refractivity contribution in [3.63, 3.8) is 0 Å². The van der Waals surface area contributed by atoms with Crippen molar-refractivity contribution in [3.8, 4) is 0 Å². The van der Waals surface area contributed by atoms with Gasteiger partial charge < -0.3 is 5.73 Å². The number of nitrogens with two attached hydrogens (primary N) is 1. The first kappa shape index (κ1) is 11.5. The Bertz CT molecular complexity index is 428. The molecule has 0 aliphatic heterocycles. The number of hydrogen-bond acceptors (Lipinski definition) is 3. The Balaban J connectivity index is 2.51. The zero-order chi connectivity index (χ0) is 11.8. The largest absolute Gasteiger partial charge is 0.321 e. The number of halogens is 1. The lowest BCUT2D eigenvalue weighted by molar-refractivity contribution is -0.386. The van der Waals surface area contributed by atoms with Crippen molar-refractivity contribution < 1.29 is 4.92 Å². The Kier molecular flexibility index (Phi) is 2.99. The lowest BCUT2D eigenvalue weighted by Crippen LogP contribution is -2.33. The maximum Gasteiger partial charge on any atom is 0.275 e. The lowest BCUT2D eigenvalue weighted by atomic mass is 9.88. The highest BCUT2D eigenvalue weighted by molar-refractivity contribution is 9.10. The summed E-state index contributed by atoms with van der Waals surface area (Å²) in [5.41, 5.74) is 6.53. The van der Waals surface area contributed by atoms with E-state index in [0.717, 1.165) is 25.7 Å². The zero-order valence-electron chi connectivity index (χ0n) is 8.78. The predicted octanol–water partition coefficient (Wildman–Crippen LogP) is 3.09. The van der Waals surface area contributed by atoms with Gasteiger partial charge in [-0.25, -0.2) is 0 Å². The molecule has 1 aliphatic carbocycles. The van der Waals surface area contributed by atoms with Crippen molar-refractivity contribution in [2.75, 3.05) is 0 Å². The van der Waals surface area contributed by atoms with Gasteiger partial charge in [-0.2, -0.15) is 0 Å². The summed E-state index contributed by atoms with van der Waals surface area (Å²) in [5, 5.41) is 11.0. The number of rotatable bonds is 2. The number of nitrogens with zero attached hydrogens (tertiary/aromatic N) is 1. The Hall–Kier alpha value is -0.940. The van der Waals surface area contributed by atoms with Crippen LogP contribution in [0.15, 0.2) is 22.7 Å². The average molecular weight is 285 g/mol. The van der Waals surface area contributed by atoms with E-state index < -0.39 is 5.54 Å². The Labute approximate surface area is 102 Å². The first-order valence-electron chi connectivity index (χ1n) is 5.26. The first-order valence-corrected chi connectivity index (χ1v) is 6.05. The van der Waals surface area contributed by atoms with Crippen LogP contribution in [0.1, 0.15) is 31.2 Å². The molecule has 0 heterocycles. The highest BCUT2D eigenvalue weighted by Crippen LogP contribution is 2.41. The summed E-state index contributed by atoms with van der Waals surface area (Å²) in [7, 11) is 0. The van der Waals surface area contributed by atoms with Crippen LogP contribution in [0.25, 0.3) is 0 Å². The van der Waals surface area contributed by atoms with Crippen LogP contribution < -0.4 is 5.73 Å². The molecule has 5 heteroatoms. The van der Waals surface area contributed by atoms with Crippen LogP contribution in [0.5, 0.6) is 0 Å². The molecule has 1 aromatic carbocycles. The summed E-state index contributed by atoms with van der Waals surface area (Å²) < 4.78 is 0.713. The maximum absolute atomic E-state index is 11.0. The third kappa shape index (κ3) is 1.97. The van der Waals surface area contributed by atoms with Crippen molar-refractivity contribution in [1.29, 1.82) is 0 Å². The molecule has 1 aromatic rings. The van der Waals surface area contributed by atoms with E-state index in [1.165, 1.54) is 6.07 Å². The van der Waals surface area contributed by atoms with Crippen molar-refractivity contribution in [1.82, 2.24) is 0 Å². The molecule has 4 nitrogen and oxygen atoms in total. The standard InChI is InChI=1S/C11H13BrN2O2/c12-8-3-4-9(10(7-8)14(15)16)11(13)5-1-2-6-11/h3-4,7H,1-2,5-6,13H2. The van der Waals surface area contributed by atoms with Gasteiger partial charge in [0, 0.05) is 21.6 Å². The lowest BCUT2D eigenvalue weighted by Gasteiger charge is -2.23. The van der Waals surface area contributed by atoms with Gasteiger partial charge in [-0.05, 0) is 25.0 Å². The molecule has 16 heavy (non-hydrogen) atoms. The second-order valence-electron chi connectivity index (χ2n) is 4.28. The fourth-order valence-electron chi connectivity index (χ4n) is 2.35. The molecular weight excluding hydrogens is 272 g/mol. The monoisotopic (exact) mass is 284 g/mol. The van der Waals surface area contributed by atoms with E-state index in [1.54, 1.807) is 6.07 Å². The molecule has 2 N–H and O–H groups in total. The van der Waals surface area contributed by atoms with Crippen molar-refractivity contribution in [2.24, 2.45) is 5.73 Å². The van der Waals surface area contributed by atoms with E-state index >= 15 is 0 Å². The van der Waals surface area contributed by atoms with E-state index in [4.69, 9.17) is 5.73 Å². The van der Waals surface area contributed by atoms with E-state index in [0.29, 0.717) is 10.0 Å². The van der Waals surface area contributed by atoms with Gasteiger partial charge in [0.2, 0.25) is 0 Å². The highest BCUT2D eigenvalue weighted by atomic mass is 79.9. The second kappa shape index (κ2) is 4.14. The fraction of sp³-hybridized carbons (Fsp3) is 0.455. The third-order valence-electron chi connectivity index (χ3n) is 3.19. The van der Waals surface area contributed by atoms with Gasteiger partial charge in [0.1, 0.15) is 0 Å². The van der Waals surface area contributed by atoms with Gasteiger partial charge in [0.25, 0.3) is 5.69 Å². The van der Waals surface area contributed by atoms with Gasteiger partial charge in [-0.1, -0.05) is 28.8 Å². The molecule has 0 radical (unpaired) electrons. The predicted molar refractivity (Wildman–Crippen MR) is 65.1 cm³/mol. The van der Waals surface area contributed by atoms with Gasteiger partial charge in [-0.3, -0.25) is 10.1 Å². The normalized spacial score (nSPS) is 18.6. The first-order chi connectivity index (χ1) is 7.53. The Morgan fingerprint density at radius 1 is 1.38 bits per heavy atom. The molecule has 2 rings (SSSR count). The summed E-state index contributed by atoms with van der Waals surface area (Å²) in [6, 6.07) is 5.12. The molecule has 0 aromatic heterocycles. The number of hydrogen-bond donors (Lipinski definition) is 1. The Morgan fingerprint density at radius 3 is 2.56 bits per heavy atom. The van der Waals surface area contributed by atoms with Gasteiger partial charge in [0.05, 0.1) is 4.92 Å². The fourth-order valence-corrected chi connectivity index (χ4v) is 2.70. The Morgan fingerprint density at radius 2 is 2.00 bits per heavy atom. The molecule has 0 spiro atoms. The summed E-state index contributed by atoms with van der Waals surface area (Å²) in [5.74, 6) is 0. The highest BCUT2D eigenvalue weighted by Gasteiger charge is 2.36. The average Bonchev–Trinajstić information content (AvgIpc) is 2.66. The summed E-state index contributed by atoms with van der Waals surface area (Å²) in [6.45, 7) is 0. The van der Waals surface area contributed by atoms with Crippen molar-refractivity contribution >= 4 is 21.6 Å². The van der Waals surface area contributed by atoms with Crippen LogP contribution >= 0.6 is 15.9 Å². The molecular formula is C11H13BrN2O2. The quantitative estimate of drug-likeness (QED) is 0.670. The van der Waals surface area contributed by atoms with Gasteiger partial charge >= 0.3 is 0 Å². The SMILES string of the molecule is NC1(c2ccc(Br)cc2[N+](=O)[O-])CCCC1. The van der Waals surface area contributed by atoms with Crippen LogP contribution in [0, 0.1) is 10.1 Å². The molecule has 0 atom stereocenters. The van der Waals surface area contributed by atoms with E-state index in [1.807, 2.05) is 6.07 Å². The summed E-state index contributed by atoms with van der Waals surface area (Å²) in [6.07, 6.45) is 3.75. The van der Waals surface area contributed by atoms with E-state index in [9.17, 15) is 10.1 Å². The van der Waals surface area contributed by atoms with Crippen LogP contribution in [-0.2, 0) is 5.54 Å². The number of benzene rings is 1. The topological polar surface area (TPSA) is 69.2 Å². The minimum atomic E-state index is -0.511. The van der Waals surface area contributed by atoms with Crippen molar-refractivity contribution in [2.45, 2.75) is 31.2 Å². The van der Waals surface area contributed by atoms with Crippen LogP contribution in [0.3, 0.4) is 0 Å². The second-order valence-corrected chi connectivity index (χ2v) is 5.20. The number of nitro groups is 1. The molecule has 0 bridgehead atoms. The summed E-state index contributed by atoms with van der Waals surface area (Å²) >= 11 is 3.25. The molecule has 0 saturated heterocycles. The molecule has 1 fully saturated rings. The molecule has 1 aliphatic rings. The molecule has 1 saturated carbocycles. The maximum atomic E-state index is 11.0. The summed E-state index contributed by atoms with van der Waals surface area (Å²) in [4.78, 5) is 10.6. The zero-order valence-corrected chi connectivity index (χ0v) is 10.4. The molecule has 0 amide bonds. The van der Waals surface area contributed by atoms with Gasteiger partial charge in [-0.15, -0.1) is 0 Å². The molecule has 86 valence electrons. The van der Waals surface area contributed by atoms with Gasteiger partial charge in [0.15, 0.2) is 0 Å². The minimum Gasteiger partial charge on any atom is -0.321 e.